The van der Waals surface area contributed by atoms with Crippen molar-refractivity contribution in [2.45, 2.75) is 34.1 Å². The van der Waals surface area contributed by atoms with Gasteiger partial charge in [0.15, 0.2) is 0 Å². The van der Waals surface area contributed by atoms with E-state index in [1.54, 1.807) is 0 Å². The minimum atomic E-state index is 0.358. The lowest BCUT2D eigenvalue weighted by Crippen LogP contribution is -2.29. The molecule has 1 aromatic heterocycles. The van der Waals surface area contributed by atoms with Gasteiger partial charge in [0.05, 0.1) is 6.61 Å². The molecule has 0 saturated carbocycles. The standard InChI is InChI=1S/C14H28N6O/c1-5-9-15-12-17-13(19-14(18-12)21-8-4)16-10-11-20(6-2)7-3/h5-11H2,1-4H3,(H2,15,16,17,18,19). The maximum Gasteiger partial charge on any atom is 0.323 e. The van der Waals surface area contributed by atoms with E-state index in [1.165, 1.54) is 0 Å². The molecule has 0 aromatic carbocycles. The highest BCUT2D eigenvalue weighted by atomic mass is 16.5. The number of hydrogen-bond acceptors (Lipinski definition) is 7. The van der Waals surface area contributed by atoms with Crippen LogP contribution >= 0.6 is 0 Å². The van der Waals surface area contributed by atoms with Crippen molar-refractivity contribution in [3.63, 3.8) is 0 Å². The van der Waals surface area contributed by atoms with E-state index in [0.717, 1.165) is 39.1 Å². The highest BCUT2D eigenvalue weighted by Crippen LogP contribution is 2.11. The third-order valence-corrected chi connectivity index (χ3v) is 3.03. The Kier molecular flexibility index (Phi) is 8.42. The molecule has 1 heterocycles. The van der Waals surface area contributed by atoms with E-state index in [1.807, 2.05) is 6.92 Å². The molecule has 1 rings (SSSR count). The topological polar surface area (TPSA) is 75.2 Å². The van der Waals surface area contributed by atoms with E-state index in [-0.39, 0.29) is 0 Å². The maximum absolute atomic E-state index is 5.38. The molecule has 0 fully saturated rings. The second kappa shape index (κ2) is 10.1. The van der Waals surface area contributed by atoms with Gasteiger partial charge in [0.25, 0.3) is 0 Å². The number of likely N-dealkylation sites (N-methyl/N-ethyl adjacent to an activating group) is 1. The highest BCUT2D eigenvalue weighted by molar-refractivity contribution is 5.35. The molecule has 0 unspecified atom stereocenters. The molecule has 0 atom stereocenters. The van der Waals surface area contributed by atoms with Gasteiger partial charge in [-0.05, 0) is 26.4 Å². The Bertz CT molecular complexity index is 397. The Hall–Kier alpha value is -1.63. The zero-order valence-electron chi connectivity index (χ0n) is 13.6. The smallest absolute Gasteiger partial charge is 0.323 e. The Morgan fingerprint density at radius 1 is 0.905 bits per heavy atom. The summed E-state index contributed by atoms with van der Waals surface area (Å²) in [6.45, 7) is 13.5. The lowest BCUT2D eigenvalue weighted by molar-refractivity contribution is 0.310. The van der Waals surface area contributed by atoms with Crippen LogP contribution < -0.4 is 15.4 Å². The molecule has 0 spiro atoms. The van der Waals surface area contributed by atoms with Crippen LogP contribution in [-0.4, -0.2) is 59.2 Å². The summed E-state index contributed by atoms with van der Waals surface area (Å²) < 4.78 is 5.38. The summed E-state index contributed by atoms with van der Waals surface area (Å²) in [6.07, 6.45) is 1.01. The third kappa shape index (κ3) is 6.57. The first-order chi connectivity index (χ1) is 10.2. The monoisotopic (exact) mass is 296 g/mol. The summed E-state index contributed by atoms with van der Waals surface area (Å²) in [7, 11) is 0. The maximum atomic E-state index is 5.38. The summed E-state index contributed by atoms with van der Waals surface area (Å²) in [6, 6.07) is 0.358. The number of nitrogens with zero attached hydrogens (tertiary/aromatic N) is 4. The first kappa shape index (κ1) is 17.4. The fraction of sp³-hybridized carbons (Fsp3) is 0.786. The molecular formula is C14H28N6O. The first-order valence-corrected chi connectivity index (χ1v) is 7.82. The van der Waals surface area contributed by atoms with Crippen molar-refractivity contribution >= 4 is 11.9 Å². The van der Waals surface area contributed by atoms with Crippen molar-refractivity contribution in [3.8, 4) is 6.01 Å². The van der Waals surface area contributed by atoms with Crippen molar-refractivity contribution in [2.24, 2.45) is 0 Å². The van der Waals surface area contributed by atoms with Crippen LogP contribution in [0.1, 0.15) is 34.1 Å². The molecule has 7 nitrogen and oxygen atoms in total. The molecule has 0 saturated heterocycles. The van der Waals surface area contributed by atoms with E-state index in [9.17, 15) is 0 Å². The SMILES string of the molecule is CCCNc1nc(NCCN(CC)CC)nc(OCC)n1. The average Bonchev–Trinajstić information content (AvgIpc) is 2.50. The normalized spacial score (nSPS) is 10.7. The highest BCUT2D eigenvalue weighted by Gasteiger charge is 2.07. The molecular weight excluding hydrogens is 268 g/mol. The van der Waals surface area contributed by atoms with Gasteiger partial charge in [-0.1, -0.05) is 20.8 Å². The van der Waals surface area contributed by atoms with Gasteiger partial charge in [-0.3, -0.25) is 0 Å². The predicted molar refractivity (Wildman–Crippen MR) is 86.1 cm³/mol. The molecule has 0 aliphatic rings. The van der Waals surface area contributed by atoms with Gasteiger partial charge >= 0.3 is 6.01 Å². The summed E-state index contributed by atoms with van der Waals surface area (Å²) in [5.74, 6) is 1.11. The lowest BCUT2D eigenvalue weighted by Gasteiger charge is -2.18. The molecule has 2 N–H and O–H groups in total. The Morgan fingerprint density at radius 3 is 2.05 bits per heavy atom. The van der Waals surface area contributed by atoms with Gasteiger partial charge in [0.1, 0.15) is 0 Å². The van der Waals surface area contributed by atoms with E-state index < -0.39 is 0 Å². The van der Waals surface area contributed by atoms with Crippen LogP contribution in [0.5, 0.6) is 6.01 Å². The van der Waals surface area contributed by atoms with Gasteiger partial charge in [-0.2, -0.15) is 15.0 Å². The predicted octanol–water partition coefficient (Wildman–Crippen LogP) is 1.85. The zero-order chi connectivity index (χ0) is 15.5. The van der Waals surface area contributed by atoms with Crippen LogP contribution in [0.15, 0.2) is 0 Å². The Labute approximate surface area is 127 Å². The molecule has 120 valence electrons. The fourth-order valence-electron chi connectivity index (χ4n) is 1.81. The zero-order valence-corrected chi connectivity index (χ0v) is 13.6. The van der Waals surface area contributed by atoms with Crippen molar-refractivity contribution < 1.29 is 4.74 Å². The fourth-order valence-corrected chi connectivity index (χ4v) is 1.81. The van der Waals surface area contributed by atoms with Gasteiger partial charge in [0, 0.05) is 19.6 Å². The molecule has 1 aromatic rings. The number of hydrogen-bond donors (Lipinski definition) is 2. The van der Waals surface area contributed by atoms with Crippen molar-refractivity contribution in [1.29, 1.82) is 0 Å². The van der Waals surface area contributed by atoms with E-state index in [0.29, 0.717) is 24.5 Å². The Balaban J connectivity index is 2.63. The molecule has 0 amide bonds. The van der Waals surface area contributed by atoms with Crippen LogP contribution in [-0.2, 0) is 0 Å². The third-order valence-electron chi connectivity index (χ3n) is 3.03. The number of aromatic nitrogens is 3. The van der Waals surface area contributed by atoms with Gasteiger partial charge < -0.3 is 20.3 Å². The first-order valence-electron chi connectivity index (χ1n) is 7.82. The van der Waals surface area contributed by atoms with Crippen molar-refractivity contribution in [1.82, 2.24) is 19.9 Å². The second-order valence-corrected chi connectivity index (χ2v) is 4.58. The number of nitrogens with one attached hydrogen (secondary N) is 2. The molecule has 21 heavy (non-hydrogen) atoms. The van der Waals surface area contributed by atoms with Crippen molar-refractivity contribution in [2.75, 3.05) is 50.0 Å². The lowest BCUT2D eigenvalue weighted by atomic mass is 10.4. The van der Waals surface area contributed by atoms with Crippen LogP contribution in [0.25, 0.3) is 0 Å². The molecule has 0 radical (unpaired) electrons. The van der Waals surface area contributed by atoms with E-state index in [2.05, 4.69) is 51.3 Å². The van der Waals surface area contributed by atoms with E-state index >= 15 is 0 Å². The van der Waals surface area contributed by atoms with Gasteiger partial charge in [0.2, 0.25) is 11.9 Å². The molecule has 0 aliphatic carbocycles. The largest absolute Gasteiger partial charge is 0.464 e. The summed E-state index contributed by atoms with van der Waals surface area (Å²) in [4.78, 5) is 15.2. The summed E-state index contributed by atoms with van der Waals surface area (Å²) >= 11 is 0. The Morgan fingerprint density at radius 2 is 1.52 bits per heavy atom. The minimum absolute atomic E-state index is 0.358. The quantitative estimate of drug-likeness (QED) is 0.645. The van der Waals surface area contributed by atoms with Crippen LogP contribution in [0.3, 0.4) is 0 Å². The van der Waals surface area contributed by atoms with Crippen molar-refractivity contribution in [3.05, 3.63) is 0 Å². The molecule has 0 aliphatic heterocycles. The van der Waals surface area contributed by atoms with Gasteiger partial charge in [-0.15, -0.1) is 0 Å². The summed E-state index contributed by atoms with van der Waals surface area (Å²) in [5.41, 5.74) is 0. The molecule has 7 heteroatoms. The van der Waals surface area contributed by atoms with Crippen LogP contribution in [0.2, 0.25) is 0 Å². The minimum Gasteiger partial charge on any atom is -0.464 e. The average molecular weight is 296 g/mol. The summed E-state index contributed by atoms with van der Waals surface area (Å²) in [5, 5.41) is 6.40. The number of ether oxygens (including phenoxy) is 1. The van der Waals surface area contributed by atoms with Gasteiger partial charge in [-0.25, -0.2) is 0 Å². The second-order valence-electron chi connectivity index (χ2n) is 4.58. The van der Waals surface area contributed by atoms with Crippen LogP contribution in [0, 0.1) is 0 Å². The molecule has 0 bridgehead atoms. The number of rotatable bonds is 11. The van der Waals surface area contributed by atoms with E-state index in [4.69, 9.17) is 4.74 Å². The number of anilines is 2. The van der Waals surface area contributed by atoms with Crippen LogP contribution in [0.4, 0.5) is 11.9 Å².